The minimum atomic E-state index is 0.0799. The SMILES string of the molecule is S=C1CC(COCC2CO2)ON1. The number of ether oxygens (including phenoxy) is 2. The first-order valence-electron chi connectivity index (χ1n) is 3.98. The largest absolute Gasteiger partial charge is 0.376 e. The van der Waals surface area contributed by atoms with Gasteiger partial charge in [0.05, 0.1) is 19.8 Å². The molecule has 0 bridgehead atoms. The predicted molar refractivity (Wildman–Crippen MR) is 45.8 cm³/mol. The molecule has 1 N–H and O–H groups in total. The number of hydrogen-bond donors (Lipinski definition) is 1. The molecule has 4 nitrogen and oxygen atoms in total. The van der Waals surface area contributed by atoms with Crippen LogP contribution in [0.15, 0.2) is 0 Å². The lowest BCUT2D eigenvalue weighted by molar-refractivity contribution is -0.0209. The van der Waals surface area contributed by atoms with E-state index in [0.717, 1.165) is 18.0 Å². The number of nitrogens with one attached hydrogen (secondary N) is 1. The number of rotatable bonds is 4. The summed E-state index contributed by atoms with van der Waals surface area (Å²) >= 11 is 4.89. The molecule has 2 rings (SSSR count). The summed E-state index contributed by atoms with van der Waals surface area (Å²) in [7, 11) is 0. The highest BCUT2D eigenvalue weighted by Gasteiger charge is 2.25. The van der Waals surface area contributed by atoms with Gasteiger partial charge < -0.3 is 9.47 Å². The Bertz CT molecular complexity index is 183. The van der Waals surface area contributed by atoms with E-state index in [0.29, 0.717) is 19.3 Å². The Morgan fingerprint density at radius 1 is 1.50 bits per heavy atom. The maximum absolute atomic E-state index is 5.34. The van der Waals surface area contributed by atoms with Crippen molar-refractivity contribution in [2.24, 2.45) is 0 Å². The highest BCUT2D eigenvalue weighted by atomic mass is 32.1. The monoisotopic (exact) mass is 189 g/mol. The second-order valence-electron chi connectivity index (χ2n) is 2.96. The second kappa shape index (κ2) is 3.66. The lowest BCUT2D eigenvalue weighted by Crippen LogP contribution is -2.18. The van der Waals surface area contributed by atoms with Gasteiger partial charge >= 0.3 is 0 Å². The Morgan fingerprint density at radius 2 is 2.25 bits per heavy atom. The first-order valence-corrected chi connectivity index (χ1v) is 4.39. The molecule has 2 aliphatic rings. The molecule has 5 heteroatoms. The number of thiocarbonyl (C=S) groups is 1. The van der Waals surface area contributed by atoms with Crippen LogP contribution in [0.5, 0.6) is 0 Å². The van der Waals surface area contributed by atoms with Crippen LogP contribution in [0.2, 0.25) is 0 Å². The van der Waals surface area contributed by atoms with Crippen LogP contribution in [-0.2, 0) is 14.3 Å². The van der Waals surface area contributed by atoms with Crippen LogP contribution in [0.4, 0.5) is 0 Å². The Labute approximate surface area is 76.1 Å². The van der Waals surface area contributed by atoms with Gasteiger partial charge in [-0.2, -0.15) is 0 Å². The lowest BCUT2D eigenvalue weighted by atomic mass is 10.3. The average Bonchev–Trinajstić information content (AvgIpc) is 2.76. The maximum atomic E-state index is 5.34. The van der Waals surface area contributed by atoms with Crippen LogP contribution in [0.3, 0.4) is 0 Å². The molecule has 0 spiro atoms. The zero-order valence-corrected chi connectivity index (χ0v) is 7.43. The topological polar surface area (TPSA) is 43.0 Å². The molecule has 2 atom stereocenters. The fraction of sp³-hybridized carbons (Fsp3) is 0.857. The molecule has 0 aromatic carbocycles. The Balaban J connectivity index is 1.56. The van der Waals surface area contributed by atoms with Crippen molar-refractivity contribution in [1.82, 2.24) is 5.48 Å². The first kappa shape index (κ1) is 8.37. The Morgan fingerprint density at radius 3 is 2.83 bits per heavy atom. The molecule has 0 saturated carbocycles. The molecule has 2 fully saturated rings. The van der Waals surface area contributed by atoms with Gasteiger partial charge in [-0.1, -0.05) is 12.2 Å². The quantitative estimate of drug-likeness (QED) is 0.499. The molecule has 0 aliphatic carbocycles. The van der Waals surface area contributed by atoms with Gasteiger partial charge in [-0.3, -0.25) is 10.3 Å². The third kappa shape index (κ3) is 2.38. The van der Waals surface area contributed by atoms with Gasteiger partial charge in [0.25, 0.3) is 0 Å². The van der Waals surface area contributed by atoms with Crippen molar-refractivity contribution in [3.8, 4) is 0 Å². The van der Waals surface area contributed by atoms with Crippen LogP contribution in [0.25, 0.3) is 0 Å². The molecule has 12 heavy (non-hydrogen) atoms. The smallest absolute Gasteiger partial charge is 0.115 e. The highest BCUT2D eigenvalue weighted by molar-refractivity contribution is 7.80. The van der Waals surface area contributed by atoms with Crippen molar-refractivity contribution in [2.75, 3.05) is 19.8 Å². The fourth-order valence-corrected chi connectivity index (χ4v) is 1.26. The molecule has 68 valence electrons. The summed E-state index contributed by atoms with van der Waals surface area (Å²) < 4.78 is 10.3. The number of epoxide rings is 1. The van der Waals surface area contributed by atoms with Crippen LogP contribution in [0.1, 0.15) is 6.42 Å². The van der Waals surface area contributed by atoms with Crippen LogP contribution < -0.4 is 5.48 Å². The summed E-state index contributed by atoms with van der Waals surface area (Å²) in [5, 5.41) is 0. The van der Waals surface area contributed by atoms with Crippen LogP contribution in [0, 0.1) is 0 Å². The van der Waals surface area contributed by atoms with Crippen molar-refractivity contribution in [3.05, 3.63) is 0 Å². The van der Waals surface area contributed by atoms with E-state index in [2.05, 4.69) is 5.48 Å². The summed E-state index contributed by atoms with van der Waals surface area (Å²) in [6, 6.07) is 0. The van der Waals surface area contributed by atoms with Crippen LogP contribution in [-0.4, -0.2) is 37.0 Å². The van der Waals surface area contributed by atoms with Gasteiger partial charge in [0, 0.05) is 6.42 Å². The third-order valence-corrected chi connectivity index (χ3v) is 2.01. The highest BCUT2D eigenvalue weighted by Crippen LogP contribution is 2.11. The van der Waals surface area contributed by atoms with Crippen molar-refractivity contribution >= 4 is 17.2 Å². The first-order chi connectivity index (χ1) is 5.84. The summed E-state index contributed by atoms with van der Waals surface area (Å²) in [6.07, 6.45) is 1.17. The molecule has 0 amide bonds. The average molecular weight is 189 g/mol. The summed E-state index contributed by atoms with van der Waals surface area (Å²) in [5.74, 6) is 0. The van der Waals surface area contributed by atoms with Crippen molar-refractivity contribution in [2.45, 2.75) is 18.6 Å². The van der Waals surface area contributed by atoms with Crippen molar-refractivity contribution in [1.29, 1.82) is 0 Å². The number of hydroxylamine groups is 1. The zero-order valence-electron chi connectivity index (χ0n) is 6.62. The third-order valence-electron chi connectivity index (χ3n) is 1.76. The van der Waals surface area contributed by atoms with E-state index in [1.165, 1.54) is 0 Å². The van der Waals surface area contributed by atoms with Gasteiger partial charge in [-0.25, -0.2) is 0 Å². The molecule has 2 saturated heterocycles. The second-order valence-corrected chi connectivity index (χ2v) is 3.45. The Kier molecular flexibility index (Phi) is 2.55. The van der Waals surface area contributed by atoms with Gasteiger partial charge in [0.1, 0.15) is 17.2 Å². The maximum Gasteiger partial charge on any atom is 0.115 e. The van der Waals surface area contributed by atoms with E-state index < -0.39 is 0 Å². The normalized spacial score (nSPS) is 33.5. The van der Waals surface area contributed by atoms with E-state index in [1.807, 2.05) is 0 Å². The van der Waals surface area contributed by atoms with Crippen LogP contribution >= 0.6 is 12.2 Å². The standard InChI is InChI=1S/C7H11NO3S/c12-7-1-5(11-8-7)2-9-3-6-4-10-6/h5-6H,1-4H2,(H,8,12). The zero-order chi connectivity index (χ0) is 8.39. The molecule has 0 radical (unpaired) electrons. The van der Waals surface area contributed by atoms with Gasteiger partial charge in [0.15, 0.2) is 0 Å². The molecule has 2 aliphatic heterocycles. The van der Waals surface area contributed by atoms with E-state index in [4.69, 9.17) is 26.5 Å². The van der Waals surface area contributed by atoms with Crippen molar-refractivity contribution < 1.29 is 14.3 Å². The van der Waals surface area contributed by atoms with Gasteiger partial charge in [-0.15, -0.1) is 0 Å². The van der Waals surface area contributed by atoms with E-state index in [9.17, 15) is 0 Å². The molecule has 2 unspecified atom stereocenters. The summed E-state index contributed by atoms with van der Waals surface area (Å²) in [4.78, 5) is 5.87. The van der Waals surface area contributed by atoms with Gasteiger partial charge in [0.2, 0.25) is 0 Å². The van der Waals surface area contributed by atoms with E-state index in [-0.39, 0.29) is 6.10 Å². The molecule has 0 aromatic rings. The lowest BCUT2D eigenvalue weighted by Gasteiger charge is -2.06. The molecular formula is C7H11NO3S. The minimum absolute atomic E-state index is 0.0799. The Hall–Kier alpha value is -0.230. The fourth-order valence-electron chi connectivity index (χ4n) is 1.03. The molecule has 0 aromatic heterocycles. The minimum Gasteiger partial charge on any atom is -0.376 e. The van der Waals surface area contributed by atoms with E-state index >= 15 is 0 Å². The summed E-state index contributed by atoms with van der Waals surface area (Å²) in [6.45, 7) is 2.10. The predicted octanol–water partition coefficient (Wildman–Crippen LogP) is 0.0227. The van der Waals surface area contributed by atoms with E-state index in [1.54, 1.807) is 0 Å². The molecule has 2 heterocycles. The van der Waals surface area contributed by atoms with Crippen molar-refractivity contribution in [3.63, 3.8) is 0 Å². The summed E-state index contributed by atoms with van der Waals surface area (Å²) in [5.41, 5.74) is 2.64. The molecular weight excluding hydrogens is 178 g/mol. The van der Waals surface area contributed by atoms with Gasteiger partial charge in [-0.05, 0) is 0 Å². The number of hydrogen-bond acceptors (Lipinski definition) is 4.